The highest BCUT2D eigenvalue weighted by atomic mass is 32.1. The van der Waals surface area contributed by atoms with E-state index in [1.165, 1.54) is 12.1 Å². The fourth-order valence-corrected chi connectivity index (χ4v) is 2.83. The highest BCUT2D eigenvalue weighted by Crippen LogP contribution is 2.23. The molecule has 2 rings (SSSR count). The summed E-state index contributed by atoms with van der Waals surface area (Å²) in [6.45, 7) is 4.18. The number of halogens is 1. The zero-order valence-electron chi connectivity index (χ0n) is 13.5. The lowest BCUT2D eigenvalue weighted by Crippen LogP contribution is -2.44. The Bertz CT molecular complexity index is 616. The van der Waals surface area contributed by atoms with Crippen molar-refractivity contribution in [2.75, 3.05) is 13.7 Å². The molecule has 2 aromatic rings. The van der Waals surface area contributed by atoms with Gasteiger partial charge in [-0.2, -0.15) is 0 Å². The lowest BCUT2D eigenvalue weighted by Gasteiger charge is -2.26. The summed E-state index contributed by atoms with van der Waals surface area (Å²) in [4.78, 5) is 15.1. The lowest BCUT2D eigenvalue weighted by molar-refractivity contribution is 0.185. The molecule has 2 atom stereocenters. The Morgan fingerprint density at radius 2 is 2.00 bits per heavy atom. The van der Waals surface area contributed by atoms with Crippen LogP contribution in [0.1, 0.15) is 24.8 Å². The smallest absolute Gasteiger partial charge is 0.317 e. The Labute approximate surface area is 139 Å². The molecule has 1 N–H and O–H groups in total. The molecule has 0 bridgehead atoms. The van der Waals surface area contributed by atoms with Gasteiger partial charge in [0.05, 0.1) is 12.1 Å². The predicted octanol–water partition coefficient (Wildman–Crippen LogP) is 4.06. The summed E-state index contributed by atoms with van der Waals surface area (Å²) in [5.41, 5.74) is 0. The molecule has 6 heteroatoms. The van der Waals surface area contributed by atoms with E-state index in [-0.39, 0.29) is 23.9 Å². The molecule has 2 amide bonds. The van der Waals surface area contributed by atoms with E-state index in [9.17, 15) is 9.18 Å². The average Bonchev–Trinajstić information content (AvgIpc) is 3.07. The molecule has 0 saturated heterocycles. The molecule has 4 nitrogen and oxygen atoms in total. The molecular weight excluding hydrogens is 315 g/mol. The van der Waals surface area contributed by atoms with E-state index in [1.54, 1.807) is 35.4 Å². The van der Waals surface area contributed by atoms with E-state index in [0.29, 0.717) is 12.4 Å². The third kappa shape index (κ3) is 4.96. The summed E-state index contributed by atoms with van der Waals surface area (Å²) in [6.07, 6.45) is 0. The van der Waals surface area contributed by atoms with Gasteiger partial charge in [0, 0.05) is 11.9 Å². The molecular formula is C17H21FN2O2S. The Morgan fingerprint density at radius 1 is 1.30 bits per heavy atom. The van der Waals surface area contributed by atoms with Gasteiger partial charge in [-0.3, -0.25) is 0 Å². The summed E-state index contributed by atoms with van der Waals surface area (Å²) in [7, 11) is 1.77. The third-order valence-corrected chi connectivity index (χ3v) is 4.58. The molecule has 124 valence electrons. The fraction of sp³-hybridized carbons (Fsp3) is 0.353. The summed E-state index contributed by atoms with van der Waals surface area (Å²) in [5.74, 6) is 0.274. The molecule has 0 saturated carbocycles. The van der Waals surface area contributed by atoms with Gasteiger partial charge in [0.25, 0.3) is 0 Å². The lowest BCUT2D eigenvalue weighted by atomic mass is 10.2. The van der Waals surface area contributed by atoms with Gasteiger partial charge in [0.2, 0.25) is 0 Å². The van der Waals surface area contributed by atoms with Crippen molar-refractivity contribution in [3.05, 3.63) is 52.5 Å². The highest BCUT2D eigenvalue weighted by Gasteiger charge is 2.19. The molecule has 1 aromatic heterocycles. The summed E-state index contributed by atoms with van der Waals surface area (Å²) in [6, 6.07) is 9.50. The van der Waals surface area contributed by atoms with E-state index >= 15 is 0 Å². The van der Waals surface area contributed by atoms with Crippen LogP contribution in [0.5, 0.6) is 5.75 Å². The highest BCUT2D eigenvalue weighted by molar-refractivity contribution is 7.10. The Morgan fingerprint density at radius 3 is 2.61 bits per heavy atom. The van der Waals surface area contributed by atoms with Gasteiger partial charge in [-0.25, -0.2) is 9.18 Å². The van der Waals surface area contributed by atoms with E-state index < -0.39 is 0 Å². The first-order valence-corrected chi connectivity index (χ1v) is 8.30. The molecule has 1 heterocycles. The zero-order chi connectivity index (χ0) is 16.8. The van der Waals surface area contributed by atoms with Gasteiger partial charge >= 0.3 is 6.03 Å². The zero-order valence-corrected chi connectivity index (χ0v) is 14.3. The molecule has 0 aliphatic rings. The molecule has 0 aliphatic heterocycles. The summed E-state index contributed by atoms with van der Waals surface area (Å²) in [5, 5.41) is 4.89. The Balaban J connectivity index is 1.80. The molecule has 1 aromatic carbocycles. The van der Waals surface area contributed by atoms with Gasteiger partial charge < -0.3 is 15.0 Å². The molecule has 0 fully saturated rings. The average molecular weight is 336 g/mol. The van der Waals surface area contributed by atoms with Gasteiger partial charge in [0.15, 0.2) is 0 Å². The van der Waals surface area contributed by atoms with Crippen LogP contribution in [-0.2, 0) is 0 Å². The van der Waals surface area contributed by atoms with Crippen LogP contribution >= 0.6 is 11.3 Å². The van der Waals surface area contributed by atoms with E-state index in [4.69, 9.17) is 4.74 Å². The number of rotatable bonds is 6. The maximum absolute atomic E-state index is 12.8. The maximum Gasteiger partial charge on any atom is 0.317 e. The fourth-order valence-electron chi connectivity index (χ4n) is 2.00. The number of amides is 2. The van der Waals surface area contributed by atoms with Crippen molar-refractivity contribution in [2.45, 2.75) is 25.9 Å². The van der Waals surface area contributed by atoms with Crippen molar-refractivity contribution in [3.8, 4) is 5.75 Å². The van der Waals surface area contributed by atoms with Gasteiger partial charge in [-0.1, -0.05) is 6.07 Å². The largest absolute Gasteiger partial charge is 0.491 e. The second kappa shape index (κ2) is 7.97. The van der Waals surface area contributed by atoms with E-state index in [2.05, 4.69) is 5.32 Å². The maximum atomic E-state index is 12.8. The number of carbonyl (C=O) groups is 1. The van der Waals surface area contributed by atoms with Crippen molar-refractivity contribution in [1.82, 2.24) is 10.2 Å². The normalized spacial score (nSPS) is 13.2. The topological polar surface area (TPSA) is 41.6 Å². The monoisotopic (exact) mass is 336 g/mol. The number of nitrogens with one attached hydrogen (secondary N) is 1. The first-order chi connectivity index (χ1) is 11.0. The predicted molar refractivity (Wildman–Crippen MR) is 90.4 cm³/mol. The molecule has 0 aliphatic carbocycles. The van der Waals surface area contributed by atoms with E-state index in [1.807, 2.05) is 31.4 Å². The quantitative estimate of drug-likeness (QED) is 0.864. The minimum absolute atomic E-state index is 0.0141. The standard InChI is InChI=1S/C17H21FN2O2S/c1-12(11-22-15-8-6-14(18)7-9-15)19-17(21)20(3)13(2)16-5-4-10-23-16/h4-10,12-13H,11H2,1-3H3,(H,19,21). The number of carbonyl (C=O) groups excluding carboxylic acids is 1. The summed E-state index contributed by atoms with van der Waals surface area (Å²) >= 11 is 1.63. The number of hydrogen-bond acceptors (Lipinski definition) is 3. The van der Waals surface area contributed by atoms with Crippen LogP contribution in [0.15, 0.2) is 41.8 Å². The minimum Gasteiger partial charge on any atom is -0.491 e. The van der Waals surface area contributed by atoms with Gasteiger partial charge in [0.1, 0.15) is 18.2 Å². The van der Waals surface area contributed by atoms with Crippen LogP contribution in [0.25, 0.3) is 0 Å². The number of benzene rings is 1. The number of urea groups is 1. The van der Waals surface area contributed by atoms with Crippen LogP contribution in [0.3, 0.4) is 0 Å². The first kappa shape index (κ1) is 17.3. The first-order valence-electron chi connectivity index (χ1n) is 7.42. The van der Waals surface area contributed by atoms with Crippen molar-refractivity contribution >= 4 is 17.4 Å². The van der Waals surface area contributed by atoms with Crippen molar-refractivity contribution in [3.63, 3.8) is 0 Å². The number of nitrogens with zero attached hydrogens (tertiary/aromatic N) is 1. The second-order valence-electron chi connectivity index (χ2n) is 5.42. The van der Waals surface area contributed by atoms with Crippen molar-refractivity contribution in [1.29, 1.82) is 0 Å². The molecule has 23 heavy (non-hydrogen) atoms. The summed E-state index contributed by atoms with van der Waals surface area (Å²) < 4.78 is 18.4. The number of thiophene rings is 1. The van der Waals surface area contributed by atoms with Crippen LogP contribution in [0.2, 0.25) is 0 Å². The van der Waals surface area contributed by atoms with Crippen LogP contribution in [-0.4, -0.2) is 30.6 Å². The Kier molecular flexibility index (Phi) is 5.98. The number of ether oxygens (including phenoxy) is 1. The molecule has 0 spiro atoms. The van der Waals surface area contributed by atoms with Crippen molar-refractivity contribution < 1.29 is 13.9 Å². The second-order valence-corrected chi connectivity index (χ2v) is 6.40. The molecule has 2 unspecified atom stereocenters. The van der Waals surface area contributed by atoms with Gasteiger partial charge in [-0.05, 0) is 49.6 Å². The minimum atomic E-state index is -0.303. The Hall–Kier alpha value is -2.08. The third-order valence-electron chi connectivity index (χ3n) is 3.54. The molecule has 0 radical (unpaired) electrons. The van der Waals surface area contributed by atoms with Crippen LogP contribution in [0, 0.1) is 5.82 Å². The van der Waals surface area contributed by atoms with Crippen LogP contribution < -0.4 is 10.1 Å². The van der Waals surface area contributed by atoms with Gasteiger partial charge in [-0.15, -0.1) is 11.3 Å². The van der Waals surface area contributed by atoms with Crippen molar-refractivity contribution in [2.24, 2.45) is 0 Å². The van der Waals surface area contributed by atoms with E-state index in [0.717, 1.165) is 4.88 Å². The van der Waals surface area contributed by atoms with Crippen LogP contribution in [0.4, 0.5) is 9.18 Å². The SMILES string of the molecule is CC(COc1ccc(F)cc1)NC(=O)N(C)C(C)c1cccs1. The number of hydrogen-bond donors (Lipinski definition) is 1.